The van der Waals surface area contributed by atoms with E-state index in [4.69, 9.17) is 9.47 Å². The van der Waals surface area contributed by atoms with Crippen LogP contribution in [0.15, 0.2) is 24.3 Å². The van der Waals surface area contributed by atoms with Crippen molar-refractivity contribution in [1.82, 2.24) is 15.1 Å². The van der Waals surface area contributed by atoms with Gasteiger partial charge in [0.15, 0.2) is 17.6 Å². The van der Waals surface area contributed by atoms with Gasteiger partial charge >= 0.3 is 6.03 Å². The van der Waals surface area contributed by atoms with Crippen molar-refractivity contribution in [2.24, 2.45) is 0 Å². The van der Waals surface area contributed by atoms with Gasteiger partial charge in [-0.15, -0.1) is 0 Å². The largest absolute Gasteiger partial charge is 0.486 e. The minimum absolute atomic E-state index is 0.0590. The summed E-state index contributed by atoms with van der Waals surface area (Å²) in [6.45, 7) is 4.86. The molecule has 0 radical (unpaired) electrons. The Morgan fingerprint density at radius 1 is 1.12 bits per heavy atom. The molecular formula is C17H23N3O4. The number of amides is 3. The molecule has 1 aromatic carbocycles. The molecule has 1 saturated heterocycles. The average molecular weight is 333 g/mol. The van der Waals surface area contributed by atoms with E-state index in [1.165, 1.54) is 0 Å². The highest BCUT2D eigenvalue weighted by Gasteiger charge is 2.24. The van der Waals surface area contributed by atoms with Gasteiger partial charge in [0.1, 0.15) is 6.61 Å². The first-order chi connectivity index (χ1) is 11.6. The van der Waals surface area contributed by atoms with Gasteiger partial charge in [0.05, 0.1) is 6.54 Å². The van der Waals surface area contributed by atoms with Crippen molar-refractivity contribution in [2.45, 2.75) is 19.4 Å². The molecule has 0 unspecified atom stereocenters. The highest BCUT2D eigenvalue weighted by Crippen LogP contribution is 2.30. The second kappa shape index (κ2) is 7.42. The quantitative estimate of drug-likeness (QED) is 0.879. The molecule has 0 spiro atoms. The molecule has 1 N–H and O–H groups in total. The summed E-state index contributed by atoms with van der Waals surface area (Å²) in [5.74, 6) is 1.50. The lowest BCUT2D eigenvalue weighted by Gasteiger charge is -2.28. The number of para-hydroxylation sites is 2. The number of nitrogens with zero attached hydrogens (tertiary/aromatic N) is 2. The van der Waals surface area contributed by atoms with Crippen molar-refractivity contribution < 1.29 is 19.1 Å². The number of fused-ring (bicyclic) bond motifs is 1. The van der Waals surface area contributed by atoms with Gasteiger partial charge in [-0.25, -0.2) is 4.79 Å². The van der Waals surface area contributed by atoms with Crippen LogP contribution in [0.5, 0.6) is 11.5 Å². The number of nitrogens with one attached hydrogen (secondary N) is 1. The second-order valence-corrected chi connectivity index (χ2v) is 6.03. The van der Waals surface area contributed by atoms with Gasteiger partial charge < -0.3 is 24.6 Å². The number of urea groups is 1. The Morgan fingerprint density at radius 2 is 1.83 bits per heavy atom. The summed E-state index contributed by atoms with van der Waals surface area (Å²) < 4.78 is 11.5. The van der Waals surface area contributed by atoms with E-state index in [9.17, 15) is 9.59 Å². The zero-order valence-corrected chi connectivity index (χ0v) is 13.9. The Hall–Kier alpha value is -2.44. The number of rotatable bonds is 2. The predicted octanol–water partition coefficient (Wildman–Crippen LogP) is 1.09. The molecule has 7 nitrogen and oxygen atoms in total. The lowest BCUT2D eigenvalue weighted by molar-refractivity contribution is -0.128. The Bertz CT molecular complexity index is 607. The molecule has 0 aromatic heterocycles. The van der Waals surface area contributed by atoms with Crippen molar-refractivity contribution in [3.05, 3.63) is 24.3 Å². The van der Waals surface area contributed by atoms with Crippen molar-refractivity contribution in [2.75, 3.05) is 39.3 Å². The molecule has 2 aliphatic rings. The van der Waals surface area contributed by atoms with E-state index < -0.39 is 0 Å². The summed E-state index contributed by atoms with van der Waals surface area (Å²) in [5.41, 5.74) is 0. The first-order valence-corrected chi connectivity index (χ1v) is 8.30. The van der Waals surface area contributed by atoms with E-state index in [1.807, 2.05) is 24.3 Å². The van der Waals surface area contributed by atoms with E-state index in [2.05, 4.69) is 5.32 Å². The fourth-order valence-electron chi connectivity index (χ4n) is 2.91. The van der Waals surface area contributed by atoms with Gasteiger partial charge in [-0.05, 0) is 18.6 Å². The Balaban J connectivity index is 1.47. The third kappa shape index (κ3) is 3.90. The van der Waals surface area contributed by atoms with Crippen LogP contribution >= 0.6 is 0 Å². The first kappa shape index (κ1) is 16.4. The normalized spacial score (nSPS) is 20.3. The molecule has 24 heavy (non-hydrogen) atoms. The summed E-state index contributed by atoms with van der Waals surface area (Å²) in [6, 6.07) is 7.38. The molecule has 1 aromatic rings. The highest BCUT2D eigenvalue weighted by atomic mass is 16.6. The molecule has 7 heteroatoms. The molecule has 3 rings (SSSR count). The molecule has 2 heterocycles. The number of carbonyl (C=O) groups is 2. The van der Waals surface area contributed by atoms with Crippen LogP contribution in [0, 0.1) is 0 Å². The number of hydrogen-bond acceptors (Lipinski definition) is 4. The topological polar surface area (TPSA) is 71.1 Å². The minimum atomic E-state index is -0.204. The third-order valence-electron chi connectivity index (χ3n) is 4.28. The number of hydrogen-bond donors (Lipinski definition) is 1. The van der Waals surface area contributed by atoms with Crippen LogP contribution in [-0.2, 0) is 4.79 Å². The minimum Gasteiger partial charge on any atom is -0.486 e. The molecule has 0 bridgehead atoms. The zero-order valence-electron chi connectivity index (χ0n) is 13.9. The summed E-state index contributed by atoms with van der Waals surface area (Å²) >= 11 is 0. The van der Waals surface area contributed by atoms with Gasteiger partial charge in [-0.1, -0.05) is 12.1 Å². The fourth-order valence-corrected chi connectivity index (χ4v) is 2.91. The molecular weight excluding hydrogens is 310 g/mol. The zero-order chi connectivity index (χ0) is 16.9. The van der Waals surface area contributed by atoms with Crippen LogP contribution < -0.4 is 14.8 Å². The van der Waals surface area contributed by atoms with E-state index >= 15 is 0 Å². The van der Waals surface area contributed by atoms with Gasteiger partial charge in [0, 0.05) is 33.1 Å². The van der Waals surface area contributed by atoms with Crippen molar-refractivity contribution in [3.8, 4) is 11.5 Å². The standard InChI is InChI=1S/C17H23N3O4/c1-13(21)19-7-4-8-20(10-9-19)17(22)18-11-14-12-23-15-5-2-3-6-16(15)24-14/h2-3,5-6,14H,4,7-12H2,1H3,(H,18,22)/t14-/m0/s1. The number of benzene rings is 1. The van der Waals surface area contributed by atoms with Crippen molar-refractivity contribution in [1.29, 1.82) is 0 Å². The van der Waals surface area contributed by atoms with E-state index in [-0.39, 0.29) is 18.0 Å². The molecule has 2 aliphatic heterocycles. The van der Waals surface area contributed by atoms with Crippen molar-refractivity contribution >= 4 is 11.9 Å². The molecule has 130 valence electrons. The second-order valence-electron chi connectivity index (χ2n) is 6.03. The molecule has 3 amide bonds. The molecule has 1 fully saturated rings. The lowest BCUT2D eigenvalue weighted by atomic mass is 10.2. The van der Waals surface area contributed by atoms with Crippen LogP contribution in [0.1, 0.15) is 13.3 Å². The van der Waals surface area contributed by atoms with Gasteiger partial charge in [0.25, 0.3) is 0 Å². The monoisotopic (exact) mass is 333 g/mol. The smallest absolute Gasteiger partial charge is 0.317 e. The van der Waals surface area contributed by atoms with E-state index in [0.717, 1.165) is 12.2 Å². The summed E-state index contributed by atoms with van der Waals surface area (Å²) in [5, 5.41) is 2.90. The third-order valence-corrected chi connectivity index (χ3v) is 4.28. The Morgan fingerprint density at radius 3 is 2.62 bits per heavy atom. The average Bonchev–Trinajstić information content (AvgIpc) is 2.86. The van der Waals surface area contributed by atoms with Gasteiger partial charge in [-0.2, -0.15) is 0 Å². The molecule has 0 aliphatic carbocycles. The lowest BCUT2D eigenvalue weighted by Crippen LogP contribution is -2.47. The van der Waals surface area contributed by atoms with Gasteiger partial charge in [0.2, 0.25) is 5.91 Å². The van der Waals surface area contributed by atoms with Crippen LogP contribution in [0.2, 0.25) is 0 Å². The van der Waals surface area contributed by atoms with Crippen LogP contribution in [0.25, 0.3) is 0 Å². The fraction of sp³-hybridized carbons (Fsp3) is 0.529. The maximum absolute atomic E-state index is 12.3. The Labute approximate surface area is 141 Å². The summed E-state index contributed by atoms with van der Waals surface area (Å²) in [4.78, 5) is 27.3. The summed E-state index contributed by atoms with van der Waals surface area (Å²) in [7, 11) is 0. The predicted molar refractivity (Wildman–Crippen MR) is 88.2 cm³/mol. The maximum Gasteiger partial charge on any atom is 0.317 e. The number of carbonyl (C=O) groups excluding carboxylic acids is 2. The maximum atomic E-state index is 12.3. The first-order valence-electron chi connectivity index (χ1n) is 8.30. The van der Waals surface area contributed by atoms with E-state index in [0.29, 0.717) is 45.1 Å². The molecule has 0 saturated carbocycles. The van der Waals surface area contributed by atoms with Gasteiger partial charge in [-0.3, -0.25) is 4.79 Å². The summed E-state index contributed by atoms with van der Waals surface area (Å²) in [6.07, 6.45) is 0.591. The van der Waals surface area contributed by atoms with Crippen LogP contribution in [-0.4, -0.2) is 67.2 Å². The Kier molecular flexibility index (Phi) is 5.08. The van der Waals surface area contributed by atoms with Crippen LogP contribution in [0.4, 0.5) is 4.79 Å². The number of ether oxygens (including phenoxy) is 2. The van der Waals surface area contributed by atoms with E-state index in [1.54, 1.807) is 16.7 Å². The molecule has 1 atom stereocenters. The van der Waals surface area contributed by atoms with Crippen LogP contribution in [0.3, 0.4) is 0 Å². The van der Waals surface area contributed by atoms with Crippen molar-refractivity contribution in [3.63, 3.8) is 0 Å². The highest BCUT2D eigenvalue weighted by molar-refractivity contribution is 5.75. The SMILES string of the molecule is CC(=O)N1CCCN(C(=O)NC[C@H]2COc3ccccc3O2)CC1.